The Morgan fingerprint density at radius 1 is 1.44 bits per heavy atom. The predicted octanol–water partition coefficient (Wildman–Crippen LogP) is 2.48. The van der Waals surface area contributed by atoms with Crippen LogP contribution >= 0.6 is 15.9 Å². The summed E-state index contributed by atoms with van der Waals surface area (Å²) in [6.45, 7) is 3.09. The van der Waals surface area contributed by atoms with Crippen LogP contribution in [-0.4, -0.2) is 22.3 Å². The van der Waals surface area contributed by atoms with Crippen LogP contribution in [0.1, 0.15) is 18.5 Å². The van der Waals surface area contributed by atoms with E-state index >= 15 is 0 Å². The van der Waals surface area contributed by atoms with Crippen LogP contribution in [0.25, 0.3) is 0 Å². The summed E-state index contributed by atoms with van der Waals surface area (Å²) in [5, 5.41) is 3.49. The summed E-state index contributed by atoms with van der Waals surface area (Å²) in [7, 11) is -0.703. The Kier molecular flexibility index (Phi) is 4.16. The minimum atomic E-state index is -0.703. The van der Waals surface area contributed by atoms with Gasteiger partial charge in [0.2, 0.25) is 0 Å². The first-order valence-electron chi connectivity index (χ1n) is 5.49. The van der Waals surface area contributed by atoms with E-state index in [9.17, 15) is 4.21 Å². The van der Waals surface area contributed by atoms with Gasteiger partial charge in [-0.05, 0) is 30.2 Å². The molecule has 3 atom stereocenters. The molecule has 88 valence electrons. The highest BCUT2D eigenvalue weighted by molar-refractivity contribution is 9.10. The second kappa shape index (κ2) is 5.43. The van der Waals surface area contributed by atoms with E-state index < -0.39 is 10.8 Å². The maximum atomic E-state index is 11.8. The average Bonchev–Trinajstić information content (AvgIpc) is 2.39. The van der Waals surface area contributed by atoms with Crippen LogP contribution < -0.4 is 5.32 Å². The van der Waals surface area contributed by atoms with Gasteiger partial charge in [0.05, 0.1) is 0 Å². The van der Waals surface area contributed by atoms with Crippen LogP contribution in [0.15, 0.2) is 28.7 Å². The van der Waals surface area contributed by atoms with Crippen LogP contribution in [0.2, 0.25) is 0 Å². The van der Waals surface area contributed by atoms with Crippen molar-refractivity contribution in [1.29, 1.82) is 0 Å². The molecule has 1 aliphatic heterocycles. The molecule has 2 rings (SSSR count). The van der Waals surface area contributed by atoms with Crippen LogP contribution in [0.5, 0.6) is 0 Å². The van der Waals surface area contributed by atoms with Crippen LogP contribution in [0.4, 0.5) is 0 Å². The van der Waals surface area contributed by atoms with E-state index in [0.717, 1.165) is 22.5 Å². The van der Waals surface area contributed by atoms with E-state index in [1.165, 1.54) is 5.56 Å². The third-order valence-corrected chi connectivity index (χ3v) is 4.93. The highest BCUT2D eigenvalue weighted by Gasteiger charge is 2.21. The zero-order chi connectivity index (χ0) is 11.5. The lowest BCUT2D eigenvalue weighted by Crippen LogP contribution is -2.25. The first-order chi connectivity index (χ1) is 7.65. The molecule has 1 aliphatic rings. The monoisotopic (exact) mass is 301 g/mol. The maximum absolute atomic E-state index is 11.8. The Morgan fingerprint density at radius 3 is 3.00 bits per heavy atom. The number of hydrogen-bond acceptors (Lipinski definition) is 2. The van der Waals surface area contributed by atoms with Gasteiger partial charge in [-0.1, -0.05) is 35.0 Å². The van der Waals surface area contributed by atoms with Gasteiger partial charge in [0, 0.05) is 32.8 Å². The molecule has 1 fully saturated rings. The molecular formula is C12H16BrNOS. The summed E-state index contributed by atoms with van der Waals surface area (Å²) in [6, 6.07) is 8.46. The van der Waals surface area contributed by atoms with Gasteiger partial charge in [-0.15, -0.1) is 0 Å². The summed E-state index contributed by atoms with van der Waals surface area (Å²) in [5.41, 5.74) is 1.22. The van der Waals surface area contributed by atoms with Gasteiger partial charge in [0.25, 0.3) is 0 Å². The van der Waals surface area contributed by atoms with Gasteiger partial charge in [0.1, 0.15) is 0 Å². The molecular weight excluding hydrogens is 286 g/mol. The highest BCUT2D eigenvalue weighted by atomic mass is 79.9. The molecule has 0 spiro atoms. The Bertz CT molecular complexity index is 396. The van der Waals surface area contributed by atoms with Crippen LogP contribution in [-0.2, 0) is 10.8 Å². The number of halogens is 1. The second-order valence-electron chi connectivity index (χ2n) is 4.39. The molecule has 0 radical (unpaired) electrons. The summed E-state index contributed by atoms with van der Waals surface area (Å²) in [4.78, 5) is 0. The zero-order valence-corrected chi connectivity index (χ0v) is 11.7. The first-order valence-corrected chi connectivity index (χ1v) is 7.77. The molecule has 0 aromatic heterocycles. The molecule has 1 aromatic carbocycles. The molecule has 0 bridgehead atoms. The molecule has 0 aliphatic carbocycles. The van der Waals surface area contributed by atoms with E-state index in [1.54, 1.807) is 0 Å². The lowest BCUT2D eigenvalue weighted by Gasteiger charge is -2.16. The number of benzene rings is 1. The number of nitrogens with one attached hydrogen (secondary N) is 1. The number of hydrogen-bond donors (Lipinski definition) is 1. The van der Waals surface area contributed by atoms with Crippen molar-refractivity contribution in [2.75, 3.05) is 18.1 Å². The predicted molar refractivity (Wildman–Crippen MR) is 71.9 cm³/mol. The lowest BCUT2D eigenvalue weighted by molar-refractivity contribution is 0.517. The van der Waals surface area contributed by atoms with Crippen molar-refractivity contribution >= 4 is 26.7 Å². The lowest BCUT2D eigenvalue weighted by atomic mass is 10.1. The smallest absolute Gasteiger partial charge is 0.0437 e. The van der Waals surface area contributed by atoms with Gasteiger partial charge < -0.3 is 5.32 Å². The fraction of sp³-hybridized carbons (Fsp3) is 0.500. The molecule has 1 aromatic rings. The van der Waals surface area contributed by atoms with Crippen molar-refractivity contribution in [2.24, 2.45) is 5.92 Å². The summed E-state index contributed by atoms with van der Waals surface area (Å²) >= 11 is 3.47. The van der Waals surface area contributed by atoms with E-state index in [1.807, 2.05) is 12.1 Å². The van der Waals surface area contributed by atoms with Crippen molar-refractivity contribution in [2.45, 2.75) is 13.0 Å². The SMILES string of the molecule is CC1CNC(c2cccc(Br)c2)CS(=O)C1. The molecule has 1 heterocycles. The third-order valence-electron chi connectivity index (χ3n) is 2.79. The van der Waals surface area contributed by atoms with Gasteiger partial charge in [-0.3, -0.25) is 4.21 Å². The molecule has 4 heteroatoms. The van der Waals surface area contributed by atoms with Gasteiger partial charge in [-0.2, -0.15) is 0 Å². The second-order valence-corrected chi connectivity index (χ2v) is 6.86. The van der Waals surface area contributed by atoms with Crippen molar-refractivity contribution in [1.82, 2.24) is 5.32 Å². The molecule has 0 saturated carbocycles. The van der Waals surface area contributed by atoms with E-state index in [4.69, 9.17) is 0 Å². The zero-order valence-electron chi connectivity index (χ0n) is 9.28. The molecule has 1 N–H and O–H groups in total. The molecule has 3 unspecified atom stereocenters. The van der Waals surface area contributed by atoms with Crippen molar-refractivity contribution in [3.05, 3.63) is 34.3 Å². The van der Waals surface area contributed by atoms with Gasteiger partial charge in [0.15, 0.2) is 0 Å². The molecule has 0 amide bonds. The first kappa shape index (κ1) is 12.3. The summed E-state index contributed by atoms with van der Waals surface area (Å²) in [6.07, 6.45) is 0. The Labute approximate surface area is 107 Å². The average molecular weight is 302 g/mol. The highest BCUT2D eigenvalue weighted by Crippen LogP contribution is 2.21. The third kappa shape index (κ3) is 3.15. The van der Waals surface area contributed by atoms with Crippen molar-refractivity contribution in [3.63, 3.8) is 0 Å². The van der Waals surface area contributed by atoms with E-state index in [2.05, 4.69) is 40.3 Å². The van der Waals surface area contributed by atoms with E-state index in [-0.39, 0.29) is 6.04 Å². The minimum absolute atomic E-state index is 0.225. The molecule has 16 heavy (non-hydrogen) atoms. The Balaban J connectivity index is 2.17. The minimum Gasteiger partial charge on any atom is -0.309 e. The molecule has 1 saturated heterocycles. The van der Waals surface area contributed by atoms with Crippen molar-refractivity contribution < 1.29 is 4.21 Å². The van der Waals surface area contributed by atoms with Gasteiger partial charge in [-0.25, -0.2) is 0 Å². The normalized spacial score (nSPS) is 31.0. The topological polar surface area (TPSA) is 29.1 Å². The van der Waals surface area contributed by atoms with Crippen LogP contribution in [0.3, 0.4) is 0 Å². The van der Waals surface area contributed by atoms with Gasteiger partial charge >= 0.3 is 0 Å². The van der Waals surface area contributed by atoms with Crippen LogP contribution in [0, 0.1) is 5.92 Å². The van der Waals surface area contributed by atoms with E-state index in [0.29, 0.717) is 5.92 Å². The summed E-state index contributed by atoms with van der Waals surface area (Å²) < 4.78 is 12.9. The maximum Gasteiger partial charge on any atom is 0.0437 e. The van der Waals surface area contributed by atoms with Crippen molar-refractivity contribution in [3.8, 4) is 0 Å². The fourth-order valence-electron chi connectivity index (χ4n) is 1.97. The molecule has 2 nitrogen and oxygen atoms in total. The fourth-order valence-corrected chi connectivity index (χ4v) is 3.96. The summed E-state index contributed by atoms with van der Waals surface area (Å²) in [5.74, 6) is 2.04. The quantitative estimate of drug-likeness (QED) is 0.863. The largest absolute Gasteiger partial charge is 0.309 e. The Morgan fingerprint density at radius 2 is 2.25 bits per heavy atom. The standard InChI is InChI=1S/C12H16BrNOS/c1-9-6-14-12(8-16(15)7-9)10-3-2-4-11(13)5-10/h2-5,9,12,14H,6-8H2,1H3. The Hall–Kier alpha value is -0.190. The number of rotatable bonds is 1.